The van der Waals surface area contributed by atoms with Crippen molar-refractivity contribution < 1.29 is 26.8 Å². The smallest absolute Gasteiger partial charge is 0.309 e. The molecule has 1 rings (SSSR count). The van der Waals surface area contributed by atoms with Crippen molar-refractivity contribution in [1.29, 1.82) is 0 Å². The molecule has 0 aromatic rings. The Bertz CT molecular complexity index is 186. The Kier molecular flexibility index (Phi) is 4.71. The maximum atomic E-state index is 10.4. The average molecular weight is 208 g/mol. The molecule has 2 atom stereocenters. The molecule has 1 aliphatic heterocycles. The summed E-state index contributed by atoms with van der Waals surface area (Å²) >= 11 is 0. The molecule has 0 amide bonds. The molecule has 0 aromatic heterocycles. The van der Waals surface area contributed by atoms with E-state index in [9.17, 15) is 4.79 Å². The molecule has 3 nitrogen and oxygen atoms in total. The molecule has 78 valence electrons. The van der Waals surface area contributed by atoms with Crippen molar-refractivity contribution in [1.82, 2.24) is 0 Å². The minimum absolute atomic E-state index is 0. The fourth-order valence-corrected chi connectivity index (χ4v) is 1.96. The second-order valence-corrected chi connectivity index (χ2v) is 4.06. The number of aliphatic carboxylic acids is 1. The van der Waals surface area contributed by atoms with Crippen molar-refractivity contribution >= 4 is 5.97 Å². The summed E-state index contributed by atoms with van der Waals surface area (Å²) in [6, 6.07) is 0.643. The van der Waals surface area contributed by atoms with Crippen molar-refractivity contribution in [3.63, 3.8) is 0 Å². The highest BCUT2D eigenvalue weighted by molar-refractivity contribution is 5.66. The summed E-state index contributed by atoms with van der Waals surface area (Å²) in [7, 11) is 2.17. The van der Waals surface area contributed by atoms with Gasteiger partial charge in [-0.3, -0.25) is 4.79 Å². The number of carboxylic acid groups (broad SMARTS) is 1. The summed E-state index contributed by atoms with van der Waals surface area (Å²) in [5.74, 6) is -0.673. The van der Waals surface area contributed by atoms with Crippen molar-refractivity contribution in [3.8, 4) is 0 Å². The van der Waals surface area contributed by atoms with Crippen LogP contribution in [0, 0.1) is 0 Å². The van der Waals surface area contributed by atoms with Crippen molar-refractivity contribution in [2.24, 2.45) is 0 Å². The summed E-state index contributed by atoms with van der Waals surface area (Å²) in [4.78, 5) is 10.4. The highest BCUT2D eigenvalue weighted by Gasteiger charge is 2.34. The van der Waals surface area contributed by atoms with Gasteiger partial charge in [0.15, 0.2) is 0 Å². The van der Waals surface area contributed by atoms with Gasteiger partial charge in [0.05, 0.1) is 32.6 Å². The maximum Gasteiger partial charge on any atom is 0.309 e. The van der Waals surface area contributed by atoms with Crippen LogP contribution in [0.2, 0.25) is 0 Å². The molecule has 0 bridgehead atoms. The highest BCUT2D eigenvalue weighted by atomic mass is 35.5. The van der Waals surface area contributed by atoms with E-state index in [1.165, 1.54) is 12.8 Å². The van der Waals surface area contributed by atoms with Gasteiger partial charge in [-0.25, -0.2) is 0 Å². The number of likely N-dealkylation sites (tertiary alicyclic amines) is 1. The van der Waals surface area contributed by atoms with Crippen LogP contribution in [0.15, 0.2) is 0 Å². The second-order valence-electron chi connectivity index (χ2n) is 4.06. The summed E-state index contributed by atoms with van der Waals surface area (Å²) in [6.07, 6.45) is 2.80. The third kappa shape index (κ3) is 3.16. The third-order valence-electron chi connectivity index (χ3n) is 3.19. The quantitative estimate of drug-likeness (QED) is 0.549. The molecule has 0 aliphatic carbocycles. The minimum atomic E-state index is -0.673. The van der Waals surface area contributed by atoms with Gasteiger partial charge in [-0.15, -0.1) is 0 Å². The van der Waals surface area contributed by atoms with Gasteiger partial charge in [0.25, 0.3) is 0 Å². The average Bonchev–Trinajstić information content (AvgIpc) is 2.30. The second kappa shape index (κ2) is 4.82. The Balaban J connectivity index is 0.00000144. The van der Waals surface area contributed by atoms with Crippen LogP contribution in [0.5, 0.6) is 0 Å². The first-order valence-electron chi connectivity index (χ1n) is 4.60. The van der Waals surface area contributed by atoms with E-state index in [0.29, 0.717) is 12.5 Å². The zero-order valence-electron chi connectivity index (χ0n) is 8.29. The van der Waals surface area contributed by atoms with Gasteiger partial charge in [0, 0.05) is 12.8 Å². The summed E-state index contributed by atoms with van der Waals surface area (Å²) in [5, 5.41) is 8.56. The monoisotopic (exact) mass is 207 g/mol. The molecule has 0 radical (unpaired) electrons. The number of nitrogens with zero attached hydrogens (tertiary/aromatic N) is 1. The Morgan fingerprint density at radius 1 is 1.62 bits per heavy atom. The fourth-order valence-electron chi connectivity index (χ4n) is 1.96. The van der Waals surface area contributed by atoms with E-state index in [2.05, 4.69) is 14.0 Å². The summed E-state index contributed by atoms with van der Waals surface area (Å²) in [5.41, 5.74) is 0. The van der Waals surface area contributed by atoms with Crippen LogP contribution >= 0.6 is 0 Å². The normalized spacial score (nSPS) is 32.6. The third-order valence-corrected chi connectivity index (χ3v) is 3.19. The van der Waals surface area contributed by atoms with E-state index in [0.717, 1.165) is 17.6 Å². The first kappa shape index (κ1) is 12.7. The molecule has 1 fully saturated rings. The van der Waals surface area contributed by atoms with Crippen molar-refractivity contribution in [3.05, 3.63) is 0 Å². The summed E-state index contributed by atoms with van der Waals surface area (Å²) in [6.45, 7) is 4.15. The molecule has 1 aliphatic rings. The predicted molar refractivity (Wildman–Crippen MR) is 46.9 cm³/mol. The van der Waals surface area contributed by atoms with E-state index < -0.39 is 5.97 Å². The zero-order chi connectivity index (χ0) is 9.19. The van der Waals surface area contributed by atoms with Gasteiger partial charge >= 0.3 is 5.97 Å². The van der Waals surface area contributed by atoms with Crippen molar-refractivity contribution in [2.75, 3.05) is 20.1 Å². The Labute approximate surface area is 85.7 Å². The van der Waals surface area contributed by atoms with E-state index in [4.69, 9.17) is 5.11 Å². The van der Waals surface area contributed by atoms with Crippen LogP contribution in [-0.2, 0) is 4.79 Å². The van der Waals surface area contributed by atoms with Gasteiger partial charge < -0.3 is 22.0 Å². The molecule has 2 unspecified atom stereocenters. The summed E-state index contributed by atoms with van der Waals surface area (Å²) < 4.78 is 0.951. The molecule has 13 heavy (non-hydrogen) atoms. The van der Waals surface area contributed by atoms with E-state index >= 15 is 0 Å². The zero-order valence-corrected chi connectivity index (χ0v) is 9.05. The van der Waals surface area contributed by atoms with Crippen molar-refractivity contribution in [2.45, 2.75) is 32.2 Å². The maximum absolute atomic E-state index is 10.4. The molecular weight excluding hydrogens is 190 g/mol. The standard InChI is InChI=1S/C9H17NO2.ClH/c1-8-4-3-6-10(8,2)7-5-9(11)12;/h8H,3-7H2,1-2H3;1H. The van der Waals surface area contributed by atoms with Crippen LogP contribution in [0.4, 0.5) is 0 Å². The highest BCUT2D eigenvalue weighted by Crippen LogP contribution is 2.24. The Morgan fingerprint density at radius 3 is 2.62 bits per heavy atom. The van der Waals surface area contributed by atoms with Gasteiger partial charge in [-0.2, -0.15) is 0 Å². The number of quaternary nitrogens is 1. The molecule has 4 heteroatoms. The van der Waals surface area contributed by atoms with Crippen LogP contribution in [0.25, 0.3) is 0 Å². The number of carboxylic acids is 1. The van der Waals surface area contributed by atoms with Gasteiger partial charge in [0.2, 0.25) is 0 Å². The lowest BCUT2D eigenvalue weighted by molar-refractivity contribution is -0.918. The predicted octanol–water partition coefficient (Wildman–Crippen LogP) is -1.91. The molecule has 1 N–H and O–H groups in total. The largest absolute Gasteiger partial charge is 1.00 e. The molecular formula is C9H18ClNO2. The van der Waals surface area contributed by atoms with Crippen LogP contribution < -0.4 is 12.4 Å². The lowest BCUT2D eigenvalue weighted by atomic mass is 10.2. The lowest BCUT2D eigenvalue weighted by Gasteiger charge is -2.33. The van der Waals surface area contributed by atoms with E-state index in [1.807, 2.05) is 0 Å². The topological polar surface area (TPSA) is 37.3 Å². The van der Waals surface area contributed by atoms with Crippen LogP contribution in [0.3, 0.4) is 0 Å². The molecule has 0 saturated carbocycles. The number of hydrogen-bond donors (Lipinski definition) is 1. The number of hydrogen-bond acceptors (Lipinski definition) is 1. The SMILES string of the molecule is CC1CCC[N+]1(C)CCC(=O)O.[Cl-]. The molecule has 1 heterocycles. The fraction of sp³-hybridized carbons (Fsp3) is 0.889. The van der Waals surface area contributed by atoms with E-state index in [1.54, 1.807) is 0 Å². The Hall–Kier alpha value is -0.280. The van der Waals surface area contributed by atoms with Gasteiger partial charge in [0.1, 0.15) is 0 Å². The van der Waals surface area contributed by atoms with Crippen LogP contribution in [-0.4, -0.2) is 41.7 Å². The number of carbonyl (C=O) groups is 1. The van der Waals surface area contributed by atoms with E-state index in [-0.39, 0.29) is 12.4 Å². The first-order chi connectivity index (χ1) is 5.54. The number of rotatable bonds is 3. The first-order valence-corrected chi connectivity index (χ1v) is 4.60. The Morgan fingerprint density at radius 2 is 2.23 bits per heavy atom. The number of halogens is 1. The molecule has 0 spiro atoms. The lowest BCUT2D eigenvalue weighted by Crippen LogP contribution is -3.00. The molecule has 0 aromatic carbocycles. The van der Waals surface area contributed by atoms with Gasteiger partial charge in [-0.05, 0) is 6.92 Å². The minimum Gasteiger partial charge on any atom is -1.00 e. The molecule has 1 saturated heterocycles. The van der Waals surface area contributed by atoms with Gasteiger partial charge in [-0.1, -0.05) is 0 Å². The van der Waals surface area contributed by atoms with Crippen LogP contribution in [0.1, 0.15) is 26.2 Å².